The largest absolute Gasteiger partial charge is 0.497 e. The fourth-order valence-corrected chi connectivity index (χ4v) is 4.90. The van der Waals surface area contributed by atoms with Gasteiger partial charge in [0.15, 0.2) is 16.6 Å². The van der Waals surface area contributed by atoms with Crippen LogP contribution in [0.25, 0.3) is 0 Å². The van der Waals surface area contributed by atoms with Gasteiger partial charge in [-0.05, 0) is 85.4 Å². The van der Waals surface area contributed by atoms with E-state index < -0.39 is 12.0 Å². The van der Waals surface area contributed by atoms with E-state index in [0.29, 0.717) is 34.2 Å². The van der Waals surface area contributed by atoms with Crippen molar-refractivity contribution in [1.29, 1.82) is 0 Å². The molecule has 1 saturated heterocycles. The summed E-state index contributed by atoms with van der Waals surface area (Å²) >= 11 is 5.77. The zero-order chi connectivity index (χ0) is 28.2. The number of nitrogens with one attached hydrogen (secondary N) is 1. The van der Waals surface area contributed by atoms with Crippen molar-refractivity contribution in [3.05, 3.63) is 77.9 Å². The molecule has 0 aromatic heterocycles. The first-order valence-electron chi connectivity index (χ1n) is 12.6. The topological polar surface area (TPSA) is 107 Å². The maximum Gasteiger partial charge on any atom is 0.338 e. The van der Waals surface area contributed by atoms with E-state index in [-0.39, 0.29) is 43.3 Å². The number of methoxy groups -OCH3 is 1. The second-order valence-corrected chi connectivity index (χ2v) is 9.40. The highest BCUT2D eigenvalue weighted by molar-refractivity contribution is 7.80. The van der Waals surface area contributed by atoms with Crippen LogP contribution in [0.5, 0.6) is 17.2 Å². The van der Waals surface area contributed by atoms with Crippen LogP contribution in [0.1, 0.15) is 29.3 Å². The van der Waals surface area contributed by atoms with Crippen LogP contribution in [-0.2, 0) is 20.9 Å². The molecular formula is C29H27N3O7S. The van der Waals surface area contributed by atoms with Crippen molar-refractivity contribution in [1.82, 2.24) is 4.90 Å². The van der Waals surface area contributed by atoms with Gasteiger partial charge in [-0.25, -0.2) is 4.79 Å². The molecule has 40 heavy (non-hydrogen) atoms. The van der Waals surface area contributed by atoms with Crippen LogP contribution in [0, 0.1) is 0 Å². The summed E-state index contributed by atoms with van der Waals surface area (Å²) in [6.45, 7) is 2.39. The van der Waals surface area contributed by atoms with E-state index in [0.717, 1.165) is 5.56 Å². The van der Waals surface area contributed by atoms with Crippen LogP contribution in [0.4, 0.5) is 11.4 Å². The molecule has 0 unspecified atom stereocenters. The Kier molecular flexibility index (Phi) is 7.83. The number of esters is 1. The number of thiocarbonyl (C=S) groups is 1. The third-order valence-electron chi connectivity index (χ3n) is 6.50. The summed E-state index contributed by atoms with van der Waals surface area (Å²) in [5, 5.41) is 3.08. The van der Waals surface area contributed by atoms with E-state index in [9.17, 15) is 14.4 Å². The zero-order valence-corrected chi connectivity index (χ0v) is 22.7. The average Bonchev–Trinajstić information content (AvgIpc) is 3.51. The van der Waals surface area contributed by atoms with Crippen LogP contribution in [-0.4, -0.2) is 54.3 Å². The van der Waals surface area contributed by atoms with Gasteiger partial charge in [-0.2, -0.15) is 0 Å². The van der Waals surface area contributed by atoms with Crippen molar-refractivity contribution < 1.29 is 33.3 Å². The Morgan fingerprint density at radius 2 is 1.75 bits per heavy atom. The first-order valence-corrected chi connectivity index (χ1v) is 13.0. The molecule has 5 rings (SSSR count). The van der Waals surface area contributed by atoms with Crippen LogP contribution in [0.15, 0.2) is 66.7 Å². The van der Waals surface area contributed by atoms with Crippen LogP contribution in [0.3, 0.4) is 0 Å². The van der Waals surface area contributed by atoms with Crippen molar-refractivity contribution >= 4 is 46.5 Å². The summed E-state index contributed by atoms with van der Waals surface area (Å²) in [7, 11) is 1.56. The standard InChI is InChI=1S/C29H27N3O7S/c1-3-37-28(35)19-5-9-21(10-6-19)32-27(34)23(15-26(33)30-20-7-11-22(36-2)12-8-20)31(29(32)40)16-18-4-13-24-25(14-18)39-17-38-24/h4-14,23H,3,15-17H2,1-2H3,(H,30,33)/t23-/m0/s1. The lowest BCUT2D eigenvalue weighted by Crippen LogP contribution is -2.37. The van der Waals surface area contributed by atoms with E-state index in [1.54, 1.807) is 73.5 Å². The Morgan fingerprint density at radius 3 is 2.45 bits per heavy atom. The van der Waals surface area contributed by atoms with Gasteiger partial charge < -0.3 is 29.2 Å². The smallest absolute Gasteiger partial charge is 0.338 e. The Hall–Kier alpha value is -4.64. The number of benzene rings is 3. The number of fused-ring (bicyclic) bond motifs is 1. The van der Waals surface area contributed by atoms with Crippen LogP contribution < -0.4 is 24.4 Å². The summed E-state index contributed by atoms with van der Waals surface area (Å²) in [5.74, 6) is 0.758. The number of hydrogen-bond donors (Lipinski definition) is 1. The van der Waals surface area contributed by atoms with Gasteiger partial charge in [-0.1, -0.05) is 6.07 Å². The lowest BCUT2D eigenvalue weighted by molar-refractivity contribution is -0.124. The summed E-state index contributed by atoms with van der Waals surface area (Å²) in [6.07, 6.45) is -0.132. The third-order valence-corrected chi connectivity index (χ3v) is 6.91. The number of hydrogen-bond acceptors (Lipinski definition) is 8. The lowest BCUT2D eigenvalue weighted by atomic mass is 10.1. The molecule has 0 bridgehead atoms. The number of nitrogens with zero attached hydrogens (tertiary/aromatic N) is 2. The molecule has 0 aliphatic carbocycles. The van der Waals surface area contributed by atoms with Gasteiger partial charge in [0.25, 0.3) is 5.91 Å². The van der Waals surface area contributed by atoms with Crippen LogP contribution in [0.2, 0.25) is 0 Å². The predicted molar refractivity (Wildman–Crippen MR) is 151 cm³/mol. The molecule has 1 fully saturated rings. The Morgan fingerprint density at radius 1 is 1.02 bits per heavy atom. The summed E-state index contributed by atoms with van der Waals surface area (Å²) in [4.78, 5) is 42.1. The fraction of sp³-hybridized carbons (Fsp3) is 0.241. The number of ether oxygens (including phenoxy) is 4. The van der Waals surface area contributed by atoms with Gasteiger partial charge in [0, 0.05) is 12.2 Å². The van der Waals surface area contributed by atoms with Crippen molar-refractivity contribution in [3.63, 3.8) is 0 Å². The predicted octanol–water partition coefficient (Wildman–Crippen LogP) is 4.13. The highest BCUT2D eigenvalue weighted by Gasteiger charge is 2.44. The van der Waals surface area contributed by atoms with Gasteiger partial charge >= 0.3 is 5.97 Å². The monoisotopic (exact) mass is 561 g/mol. The van der Waals surface area contributed by atoms with Crippen molar-refractivity contribution in [2.24, 2.45) is 0 Å². The molecule has 10 nitrogen and oxygen atoms in total. The first-order chi connectivity index (χ1) is 19.4. The van der Waals surface area contributed by atoms with Crippen molar-refractivity contribution in [2.75, 3.05) is 30.7 Å². The number of carbonyl (C=O) groups is 3. The van der Waals surface area contributed by atoms with Gasteiger partial charge in [-0.15, -0.1) is 0 Å². The zero-order valence-electron chi connectivity index (χ0n) is 21.9. The van der Waals surface area contributed by atoms with Gasteiger partial charge in [0.05, 0.1) is 31.4 Å². The maximum absolute atomic E-state index is 13.8. The van der Waals surface area contributed by atoms with E-state index in [4.69, 9.17) is 31.2 Å². The van der Waals surface area contributed by atoms with E-state index in [2.05, 4.69) is 5.32 Å². The highest BCUT2D eigenvalue weighted by atomic mass is 32.1. The minimum Gasteiger partial charge on any atom is -0.497 e. The quantitative estimate of drug-likeness (QED) is 0.305. The van der Waals surface area contributed by atoms with E-state index in [1.165, 1.54) is 4.90 Å². The SMILES string of the molecule is CCOC(=O)c1ccc(N2C(=O)[C@H](CC(=O)Nc3ccc(OC)cc3)N(Cc3ccc4c(c3)OCO4)C2=S)cc1. The number of rotatable bonds is 9. The molecule has 1 N–H and O–H groups in total. The molecule has 3 aromatic rings. The second-order valence-electron chi connectivity index (χ2n) is 9.04. The van der Waals surface area contributed by atoms with Crippen molar-refractivity contribution in [3.8, 4) is 17.2 Å². The molecule has 11 heteroatoms. The van der Waals surface area contributed by atoms with Crippen molar-refractivity contribution in [2.45, 2.75) is 25.9 Å². The van der Waals surface area contributed by atoms with Gasteiger partial charge in [0.2, 0.25) is 12.7 Å². The molecule has 3 aromatic carbocycles. The molecular weight excluding hydrogens is 534 g/mol. The Balaban J connectivity index is 1.39. The molecule has 2 aliphatic rings. The first kappa shape index (κ1) is 26.9. The number of carbonyl (C=O) groups excluding carboxylic acids is 3. The molecule has 2 amide bonds. The third kappa shape index (κ3) is 5.55. The Bertz CT molecular complexity index is 1440. The molecule has 2 heterocycles. The normalized spacial score (nSPS) is 15.8. The lowest BCUT2D eigenvalue weighted by Gasteiger charge is -2.24. The minimum absolute atomic E-state index is 0.132. The summed E-state index contributed by atoms with van der Waals surface area (Å²) in [6, 6.07) is 18.0. The summed E-state index contributed by atoms with van der Waals surface area (Å²) in [5.41, 5.74) is 2.25. The second kappa shape index (κ2) is 11.6. The van der Waals surface area contributed by atoms with E-state index >= 15 is 0 Å². The maximum atomic E-state index is 13.8. The molecule has 1 atom stereocenters. The van der Waals surface area contributed by atoms with Gasteiger partial charge in [-0.3, -0.25) is 14.5 Å². The molecule has 206 valence electrons. The number of anilines is 2. The summed E-state index contributed by atoms with van der Waals surface area (Å²) < 4.78 is 21.1. The highest BCUT2D eigenvalue weighted by Crippen LogP contribution is 2.35. The minimum atomic E-state index is -0.860. The Labute approximate surface area is 236 Å². The number of amides is 2. The van der Waals surface area contributed by atoms with E-state index in [1.807, 2.05) is 12.1 Å². The average molecular weight is 562 g/mol. The molecule has 2 aliphatic heterocycles. The molecule has 0 spiro atoms. The van der Waals surface area contributed by atoms with Crippen LogP contribution >= 0.6 is 12.2 Å². The van der Waals surface area contributed by atoms with Gasteiger partial charge in [0.1, 0.15) is 11.8 Å². The molecule has 0 radical (unpaired) electrons. The fourth-order valence-electron chi connectivity index (χ4n) is 4.51. The molecule has 0 saturated carbocycles.